The molecule has 1 fully saturated rings. The Kier molecular flexibility index (Phi) is 5.15. The highest BCUT2D eigenvalue weighted by molar-refractivity contribution is 9.10. The van der Waals surface area contributed by atoms with E-state index in [1.165, 1.54) is 0 Å². The largest absolute Gasteiger partial charge is 0.336 e. The Morgan fingerprint density at radius 2 is 1.83 bits per heavy atom. The molecule has 0 atom stereocenters. The van der Waals surface area contributed by atoms with E-state index in [2.05, 4.69) is 31.1 Å². The number of carbonyl (C=O) groups is 2. The molecule has 3 aromatic rings. The van der Waals surface area contributed by atoms with Crippen molar-refractivity contribution in [2.45, 2.75) is 13.8 Å². The monoisotopic (exact) mass is 452 g/mol. The Bertz CT molecular complexity index is 1090. The lowest BCUT2D eigenvalue weighted by Gasteiger charge is -2.15. The van der Waals surface area contributed by atoms with Crippen LogP contribution < -0.4 is 15.5 Å². The Morgan fingerprint density at radius 3 is 2.52 bits per heavy atom. The van der Waals surface area contributed by atoms with E-state index >= 15 is 0 Å². The van der Waals surface area contributed by atoms with Crippen LogP contribution >= 0.6 is 15.9 Å². The highest BCUT2D eigenvalue weighted by Gasteiger charge is 2.22. The molecule has 0 saturated carbocycles. The van der Waals surface area contributed by atoms with E-state index in [4.69, 9.17) is 0 Å². The van der Waals surface area contributed by atoms with Crippen molar-refractivity contribution < 1.29 is 9.59 Å². The van der Waals surface area contributed by atoms with Crippen molar-refractivity contribution in [2.75, 3.05) is 23.3 Å². The van der Waals surface area contributed by atoms with Crippen molar-refractivity contribution in [2.24, 2.45) is 0 Å². The molecule has 2 aromatic carbocycles. The fourth-order valence-corrected chi connectivity index (χ4v) is 3.91. The van der Waals surface area contributed by atoms with E-state index in [9.17, 15) is 9.59 Å². The van der Waals surface area contributed by atoms with Gasteiger partial charge in [0.1, 0.15) is 0 Å². The number of nitrogens with one attached hydrogen (secondary N) is 2. The van der Waals surface area contributed by atoms with Gasteiger partial charge >= 0.3 is 6.03 Å². The van der Waals surface area contributed by atoms with Gasteiger partial charge in [0.25, 0.3) is 5.91 Å². The zero-order valence-electron chi connectivity index (χ0n) is 16.2. The summed E-state index contributed by atoms with van der Waals surface area (Å²) < 4.78 is 3.07. The third kappa shape index (κ3) is 3.78. The van der Waals surface area contributed by atoms with Crippen LogP contribution in [0.5, 0.6) is 0 Å². The van der Waals surface area contributed by atoms with Crippen LogP contribution in [0.25, 0.3) is 5.69 Å². The summed E-state index contributed by atoms with van der Waals surface area (Å²) in [5, 5.41) is 5.74. The topological polar surface area (TPSA) is 66.4 Å². The van der Waals surface area contributed by atoms with Gasteiger partial charge < -0.3 is 15.2 Å². The maximum absolute atomic E-state index is 13.0. The van der Waals surface area contributed by atoms with E-state index in [1.54, 1.807) is 4.90 Å². The lowest BCUT2D eigenvalue weighted by atomic mass is 10.2. The van der Waals surface area contributed by atoms with Gasteiger partial charge in [0.2, 0.25) is 0 Å². The fourth-order valence-electron chi connectivity index (χ4n) is 3.65. The maximum Gasteiger partial charge on any atom is 0.321 e. The minimum atomic E-state index is -0.176. The Hall–Kier alpha value is -3.06. The number of hydrogen-bond acceptors (Lipinski definition) is 2. The van der Waals surface area contributed by atoms with Crippen molar-refractivity contribution in [3.8, 4) is 5.69 Å². The molecule has 4 rings (SSSR count). The van der Waals surface area contributed by atoms with E-state index in [0.717, 1.165) is 27.2 Å². The number of halogens is 1. The highest BCUT2D eigenvalue weighted by atomic mass is 79.9. The van der Waals surface area contributed by atoms with Crippen LogP contribution in [0.15, 0.2) is 59.1 Å². The molecule has 1 aliphatic heterocycles. The standard InChI is InChI=1S/C22H21BrN4O2/c1-14-12-20(15(2)27(14)18-8-6-16(23)7-9-18)21(28)25-17-4-3-5-19(13-17)26-11-10-24-22(26)29/h3-9,12-13H,10-11H2,1-2H3,(H,24,29)(H,25,28). The summed E-state index contributed by atoms with van der Waals surface area (Å²) in [6.45, 7) is 5.16. The number of hydrogen-bond donors (Lipinski definition) is 2. The van der Waals surface area contributed by atoms with Crippen molar-refractivity contribution in [3.05, 3.63) is 76.0 Å². The molecule has 0 spiro atoms. The van der Waals surface area contributed by atoms with Gasteiger partial charge in [-0.3, -0.25) is 9.69 Å². The van der Waals surface area contributed by atoms with Gasteiger partial charge in [0.15, 0.2) is 0 Å². The Morgan fingerprint density at radius 1 is 1.07 bits per heavy atom. The zero-order chi connectivity index (χ0) is 20.5. The van der Waals surface area contributed by atoms with Crippen molar-refractivity contribution in [1.29, 1.82) is 0 Å². The van der Waals surface area contributed by atoms with Gasteiger partial charge in [-0.15, -0.1) is 0 Å². The molecule has 0 unspecified atom stereocenters. The number of aromatic nitrogens is 1. The van der Waals surface area contributed by atoms with Gasteiger partial charge in [0.05, 0.1) is 5.56 Å². The molecule has 1 saturated heterocycles. The number of amides is 3. The summed E-state index contributed by atoms with van der Waals surface area (Å²) in [4.78, 5) is 26.5. The Balaban J connectivity index is 1.59. The van der Waals surface area contributed by atoms with Crippen molar-refractivity contribution >= 4 is 39.2 Å². The molecule has 29 heavy (non-hydrogen) atoms. The number of nitrogens with zero attached hydrogens (tertiary/aromatic N) is 2. The second kappa shape index (κ2) is 7.75. The molecular formula is C22H21BrN4O2. The average Bonchev–Trinajstić information content (AvgIpc) is 3.26. The van der Waals surface area contributed by atoms with E-state index in [0.29, 0.717) is 24.3 Å². The van der Waals surface area contributed by atoms with Crippen molar-refractivity contribution in [1.82, 2.24) is 9.88 Å². The maximum atomic E-state index is 13.0. The molecule has 148 valence electrons. The normalized spacial score (nSPS) is 13.5. The van der Waals surface area contributed by atoms with Crippen LogP contribution in [0.3, 0.4) is 0 Å². The van der Waals surface area contributed by atoms with Gasteiger partial charge in [-0.1, -0.05) is 22.0 Å². The fraction of sp³-hybridized carbons (Fsp3) is 0.182. The third-order valence-corrected chi connectivity index (χ3v) is 5.56. The number of carbonyl (C=O) groups excluding carboxylic acids is 2. The molecule has 2 heterocycles. The lowest BCUT2D eigenvalue weighted by Crippen LogP contribution is -2.27. The second-order valence-electron chi connectivity index (χ2n) is 6.98. The second-order valence-corrected chi connectivity index (χ2v) is 7.90. The SMILES string of the molecule is Cc1cc(C(=O)Nc2cccc(N3CCNC3=O)c2)c(C)n1-c1ccc(Br)cc1. The first-order valence-corrected chi connectivity index (χ1v) is 10.1. The summed E-state index contributed by atoms with van der Waals surface area (Å²) >= 11 is 3.45. The summed E-state index contributed by atoms with van der Waals surface area (Å²) in [6, 6.07) is 17.1. The third-order valence-electron chi connectivity index (χ3n) is 5.03. The summed E-state index contributed by atoms with van der Waals surface area (Å²) in [7, 11) is 0. The molecule has 0 bridgehead atoms. The summed E-state index contributed by atoms with van der Waals surface area (Å²) in [5.41, 5.74) is 4.90. The minimum Gasteiger partial charge on any atom is -0.336 e. The number of urea groups is 1. The number of benzene rings is 2. The van der Waals surface area contributed by atoms with Crippen LogP contribution in [0.2, 0.25) is 0 Å². The number of aryl methyl sites for hydroxylation is 1. The molecule has 7 heteroatoms. The Labute approximate surface area is 177 Å². The van der Waals surface area contributed by atoms with Gasteiger partial charge in [-0.05, 0) is 62.4 Å². The molecule has 0 aliphatic carbocycles. The average molecular weight is 453 g/mol. The minimum absolute atomic E-state index is 0.119. The van der Waals surface area contributed by atoms with Crippen LogP contribution in [-0.2, 0) is 0 Å². The highest BCUT2D eigenvalue weighted by Crippen LogP contribution is 2.25. The predicted molar refractivity (Wildman–Crippen MR) is 118 cm³/mol. The van der Waals surface area contributed by atoms with E-state index in [1.807, 2.05) is 68.4 Å². The van der Waals surface area contributed by atoms with Gasteiger partial charge in [0, 0.05) is 46.0 Å². The number of anilines is 2. The van der Waals surface area contributed by atoms with Gasteiger partial charge in [-0.2, -0.15) is 0 Å². The quantitative estimate of drug-likeness (QED) is 0.605. The van der Waals surface area contributed by atoms with E-state index < -0.39 is 0 Å². The molecular weight excluding hydrogens is 432 g/mol. The molecule has 1 aliphatic rings. The number of rotatable bonds is 4. The summed E-state index contributed by atoms with van der Waals surface area (Å²) in [6.07, 6.45) is 0. The van der Waals surface area contributed by atoms with Crippen LogP contribution in [0.4, 0.5) is 16.2 Å². The van der Waals surface area contributed by atoms with E-state index in [-0.39, 0.29) is 11.9 Å². The smallest absolute Gasteiger partial charge is 0.321 e. The van der Waals surface area contributed by atoms with Gasteiger partial charge in [-0.25, -0.2) is 4.79 Å². The molecule has 1 aromatic heterocycles. The van der Waals surface area contributed by atoms with Crippen LogP contribution in [0.1, 0.15) is 21.7 Å². The first-order valence-electron chi connectivity index (χ1n) is 9.36. The zero-order valence-corrected chi connectivity index (χ0v) is 17.8. The lowest BCUT2D eigenvalue weighted by molar-refractivity contribution is 0.102. The van der Waals surface area contributed by atoms with Crippen LogP contribution in [-0.4, -0.2) is 29.6 Å². The first kappa shape index (κ1) is 19.3. The summed E-state index contributed by atoms with van der Waals surface area (Å²) in [5.74, 6) is -0.176. The molecule has 2 N–H and O–H groups in total. The van der Waals surface area contributed by atoms with Crippen molar-refractivity contribution in [3.63, 3.8) is 0 Å². The molecule has 6 nitrogen and oxygen atoms in total. The predicted octanol–water partition coefficient (Wildman–Crippen LogP) is 4.64. The first-order chi connectivity index (χ1) is 13.9. The molecule has 3 amide bonds. The molecule has 0 radical (unpaired) electrons. The van der Waals surface area contributed by atoms with Crippen LogP contribution in [0, 0.1) is 13.8 Å².